The van der Waals surface area contributed by atoms with Gasteiger partial charge in [-0.15, -0.1) is 0 Å². The summed E-state index contributed by atoms with van der Waals surface area (Å²) in [5.41, 5.74) is 3.35. The highest BCUT2D eigenvalue weighted by Gasteiger charge is 2.07. The summed E-state index contributed by atoms with van der Waals surface area (Å²) in [6.45, 7) is 2.13. The van der Waals surface area contributed by atoms with E-state index >= 15 is 0 Å². The fraction of sp³-hybridized carbons (Fsp3) is 0.176. The van der Waals surface area contributed by atoms with Crippen molar-refractivity contribution in [1.29, 1.82) is 5.26 Å². The Hall–Kier alpha value is -2.60. The molecule has 0 aromatic heterocycles. The van der Waals surface area contributed by atoms with E-state index in [1.807, 2.05) is 37.3 Å². The molecule has 3 heteroatoms. The van der Waals surface area contributed by atoms with E-state index in [-0.39, 0.29) is 19.0 Å². The first kappa shape index (κ1) is 13.8. The Bertz CT molecular complexity index is 639. The lowest BCUT2D eigenvalue weighted by Crippen LogP contribution is -2.08. The average molecular weight is 265 g/mol. The van der Waals surface area contributed by atoms with E-state index in [4.69, 9.17) is 10.00 Å². The Labute approximate surface area is 118 Å². The van der Waals surface area contributed by atoms with Crippen molar-refractivity contribution in [2.24, 2.45) is 0 Å². The van der Waals surface area contributed by atoms with Crippen LogP contribution in [-0.2, 0) is 22.6 Å². The number of benzene rings is 2. The van der Waals surface area contributed by atoms with Crippen LogP contribution in [0.2, 0.25) is 0 Å². The molecule has 0 aliphatic rings. The Morgan fingerprint density at radius 1 is 1.15 bits per heavy atom. The Morgan fingerprint density at radius 2 is 1.85 bits per heavy atom. The summed E-state index contributed by atoms with van der Waals surface area (Å²) >= 11 is 0. The van der Waals surface area contributed by atoms with Gasteiger partial charge in [-0.25, -0.2) is 0 Å². The molecule has 0 aliphatic heterocycles. The van der Waals surface area contributed by atoms with E-state index in [9.17, 15) is 4.79 Å². The van der Waals surface area contributed by atoms with Crippen molar-refractivity contribution in [3.63, 3.8) is 0 Å². The molecule has 3 nitrogen and oxygen atoms in total. The molecule has 0 unspecified atom stereocenters. The van der Waals surface area contributed by atoms with Crippen LogP contribution in [0.3, 0.4) is 0 Å². The third-order valence-electron chi connectivity index (χ3n) is 3.00. The number of nitriles is 1. The van der Waals surface area contributed by atoms with Crippen LogP contribution in [0.25, 0.3) is 0 Å². The lowest BCUT2D eigenvalue weighted by Gasteiger charge is -2.06. The Morgan fingerprint density at radius 3 is 2.55 bits per heavy atom. The van der Waals surface area contributed by atoms with Gasteiger partial charge in [-0.3, -0.25) is 4.79 Å². The van der Waals surface area contributed by atoms with Crippen LogP contribution >= 0.6 is 0 Å². The Kier molecular flexibility index (Phi) is 4.52. The number of aryl methyl sites for hydroxylation is 1. The van der Waals surface area contributed by atoms with Crippen LogP contribution in [0.15, 0.2) is 48.5 Å². The molecule has 0 heterocycles. The van der Waals surface area contributed by atoms with Crippen LogP contribution in [0.1, 0.15) is 22.3 Å². The van der Waals surface area contributed by atoms with Crippen LogP contribution < -0.4 is 0 Å². The summed E-state index contributed by atoms with van der Waals surface area (Å²) in [6, 6.07) is 17.0. The summed E-state index contributed by atoms with van der Waals surface area (Å²) in [5.74, 6) is -0.290. The van der Waals surface area contributed by atoms with Gasteiger partial charge in [0.15, 0.2) is 0 Å². The molecule has 20 heavy (non-hydrogen) atoms. The number of nitrogens with zero attached hydrogens (tertiary/aromatic N) is 1. The monoisotopic (exact) mass is 265 g/mol. The molecular weight excluding hydrogens is 250 g/mol. The van der Waals surface area contributed by atoms with Crippen molar-refractivity contribution in [2.75, 3.05) is 0 Å². The largest absolute Gasteiger partial charge is 0.461 e. The first-order valence-corrected chi connectivity index (χ1v) is 6.38. The third-order valence-corrected chi connectivity index (χ3v) is 3.00. The van der Waals surface area contributed by atoms with Crippen LogP contribution in [0.5, 0.6) is 0 Å². The predicted molar refractivity (Wildman–Crippen MR) is 75.8 cm³/mol. The lowest BCUT2D eigenvalue weighted by molar-refractivity contribution is -0.144. The first-order chi connectivity index (χ1) is 9.69. The summed E-state index contributed by atoms with van der Waals surface area (Å²) in [5, 5.41) is 8.95. The summed E-state index contributed by atoms with van der Waals surface area (Å²) in [7, 11) is 0. The average Bonchev–Trinajstić information content (AvgIpc) is 2.48. The zero-order valence-electron chi connectivity index (χ0n) is 11.3. The third kappa shape index (κ3) is 3.69. The van der Waals surface area contributed by atoms with Crippen molar-refractivity contribution >= 4 is 5.97 Å². The molecule has 0 saturated carbocycles. The van der Waals surface area contributed by atoms with Crippen molar-refractivity contribution < 1.29 is 9.53 Å². The van der Waals surface area contributed by atoms with Gasteiger partial charge in [-0.05, 0) is 18.6 Å². The van der Waals surface area contributed by atoms with Gasteiger partial charge in [-0.2, -0.15) is 5.26 Å². The molecular formula is C17H15NO2. The molecule has 0 fully saturated rings. The topological polar surface area (TPSA) is 50.1 Å². The summed E-state index contributed by atoms with van der Waals surface area (Å²) < 4.78 is 5.21. The number of rotatable bonds is 4. The van der Waals surface area contributed by atoms with Gasteiger partial charge in [0, 0.05) is 5.56 Å². The van der Waals surface area contributed by atoms with Crippen LogP contribution in [0.4, 0.5) is 0 Å². The highest BCUT2D eigenvalue weighted by Crippen LogP contribution is 2.10. The van der Waals surface area contributed by atoms with Gasteiger partial charge in [0.05, 0.1) is 18.1 Å². The van der Waals surface area contributed by atoms with Crippen molar-refractivity contribution in [3.8, 4) is 6.07 Å². The number of carbonyl (C=O) groups excluding carboxylic acids is 1. The van der Waals surface area contributed by atoms with E-state index < -0.39 is 0 Å². The van der Waals surface area contributed by atoms with Crippen LogP contribution in [0, 0.1) is 18.3 Å². The van der Waals surface area contributed by atoms with Crippen LogP contribution in [-0.4, -0.2) is 5.97 Å². The van der Waals surface area contributed by atoms with Gasteiger partial charge in [-0.1, -0.05) is 48.0 Å². The predicted octanol–water partition coefficient (Wildman–Crippen LogP) is 3.15. The van der Waals surface area contributed by atoms with E-state index in [2.05, 4.69) is 6.07 Å². The molecule has 0 radical (unpaired) electrons. The number of hydrogen-bond donors (Lipinski definition) is 0. The van der Waals surface area contributed by atoms with Crippen molar-refractivity contribution in [2.45, 2.75) is 20.0 Å². The van der Waals surface area contributed by atoms with Gasteiger partial charge in [0.25, 0.3) is 0 Å². The first-order valence-electron chi connectivity index (χ1n) is 6.38. The quantitative estimate of drug-likeness (QED) is 0.798. The zero-order chi connectivity index (χ0) is 14.4. The number of carbonyl (C=O) groups is 1. The molecule has 2 rings (SSSR count). The zero-order valence-corrected chi connectivity index (χ0v) is 11.3. The van der Waals surface area contributed by atoms with E-state index in [0.717, 1.165) is 16.7 Å². The Balaban J connectivity index is 1.92. The van der Waals surface area contributed by atoms with Crippen molar-refractivity contribution in [1.82, 2.24) is 0 Å². The number of esters is 1. The second-order valence-electron chi connectivity index (χ2n) is 4.59. The molecule has 0 N–H and O–H groups in total. The molecule has 2 aromatic carbocycles. The molecule has 0 amide bonds. The molecule has 100 valence electrons. The fourth-order valence-corrected chi connectivity index (χ4v) is 1.84. The minimum absolute atomic E-state index is 0.133. The fourth-order valence-electron chi connectivity index (χ4n) is 1.84. The highest BCUT2D eigenvalue weighted by atomic mass is 16.5. The minimum atomic E-state index is -0.290. The second-order valence-corrected chi connectivity index (χ2v) is 4.59. The maximum atomic E-state index is 11.8. The maximum absolute atomic E-state index is 11.8. The summed E-state index contributed by atoms with van der Waals surface area (Å²) in [6.07, 6.45) is 0.245. The smallest absolute Gasteiger partial charge is 0.310 e. The van der Waals surface area contributed by atoms with Gasteiger partial charge in [0.2, 0.25) is 0 Å². The standard InChI is InChI=1S/C17H15NO2/c1-13-6-8-14(9-7-13)10-17(19)20-12-16-5-3-2-4-15(16)11-18/h2-9H,10,12H2,1H3. The maximum Gasteiger partial charge on any atom is 0.310 e. The van der Waals surface area contributed by atoms with Gasteiger partial charge in [0.1, 0.15) is 6.61 Å². The van der Waals surface area contributed by atoms with E-state index in [1.165, 1.54) is 0 Å². The molecule has 0 atom stereocenters. The van der Waals surface area contributed by atoms with Gasteiger partial charge >= 0.3 is 5.97 Å². The summed E-state index contributed by atoms with van der Waals surface area (Å²) in [4.78, 5) is 11.8. The molecule has 0 aliphatic carbocycles. The highest BCUT2D eigenvalue weighted by molar-refractivity contribution is 5.72. The van der Waals surface area contributed by atoms with Crippen molar-refractivity contribution in [3.05, 3.63) is 70.8 Å². The molecule has 2 aromatic rings. The molecule has 0 spiro atoms. The normalized spacial score (nSPS) is 9.80. The minimum Gasteiger partial charge on any atom is -0.461 e. The van der Waals surface area contributed by atoms with Gasteiger partial charge < -0.3 is 4.74 Å². The second kappa shape index (κ2) is 6.53. The van der Waals surface area contributed by atoms with E-state index in [0.29, 0.717) is 5.56 Å². The molecule has 0 bridgehead atoms. The SMILES string of the molecule is Cc1ccc(CC(=O)OCc2ccccc2C#N)cc1. The number of hydrogen-bond acceptors (Lipinski definition) is 3. The molecule has 0 saturated heterocycles. The van der Waals surface area contributed by atoms with E-state index in [1.54, 1.807) is 18.2 Å². The lowest BCUT2D eigenvalue weighted by atomic mass is 10.1. The number of ether oxygens (including phenoxy) is 1.